The predicted molar refractivity (Wildman–Crippen MR) is 99.1 cm³/mol. The minimum atomic E-state index is -0.416. The third-order valence-corrected chi connectivity index (χ3v) is 3.55. The zero-order chi connectivity index (χ0) is 19.1. The average molecular weight is 357 g/mol. The highest BCUT2D eigenvalue weighted by Crippen LogP contribution is 2.28. The van der Waals surface area contributed by atoms with Crippen molar-refractivity contribution in [1.29, 1.82) is 0 Å². The Morgan fingerprint density at radius 3 is 2.35 bits per heavy atom. The first kappa shape index (κ1) is 19.3. The lowest BCUT2D eigenvalue weighted by Crippen LogP contribution is -2.14. The summed E-state index contributed by atoms with van der Waals surface area (Å²) in [4.78, 5) is 24.5. The number of hydrogen-bond acceptors (Lipinski definition) is 5. The van der Waals surface area contributed by atoms with E-state index in [0.29, 0.717) is 34.9 Å². The summed E-state index contributed by atoms with van der Waals surface area (Å²) >= 11 is 0. The summed E-state index contributed by atoms with van der Waals surface area (Å²) in [5.74, 6) is 0.525. The molecule has 1 amide bonds. The van der Waals surface area contributed by atoms with Crippen LogP contribution < -0.4 is 14.8 Å². The van der Waals surface area contributed by atoms with E-state index in [4.69, 9.17) is 14.2 Å². The molecule has 1 N–H and O–H groups in total. The van der Waals surface area contributed by atoms with Gasteiger partial charge in [-0.1, -0.05) is 19.9 Å². The van der Waals surface area contributed by atoms with Crippen LogP contribution in [0.3, 0.4) is 0 Å². The van der Waals surface area contributed by atoms with Gasteiger partial charge in [-0.3, -0.25) is 4.79 Å². The maximum absolute atomic E-state index is 12.5. The van der Waals surface area contributed by atoms with Gasteiger partial charge in [-0.15, -0.1) is 0 Å². The van der Waals surface area contributed by atoms with Crippen LogP contribution in [0.2, 0.25) is 0 Å². The molecule has 26 heavy (non-hydrogen) atoms. The molecule has 2 aromatic rings. The van der Waals surface area contributed by atoms with Crippen molar-refractivity contribution in [2.45, 2.75) is 13.8 Å². The maximum Gasteiger partial charge on any atom is 0.338 e. The van der Waals surface area contributed by atoms with Gasteiger partial charge < -0.3 is 19.5 Å². The molecule has 0 atom stereocenters. The van der Waals surface area contributed by atoms with Gasteiger partial charge in [-0.25, -0.2) is 4.79 Å². The first-order chi connectivity index (χ1) is 12.4. The molecule has 0 heterocycles. The van der Waals surface area contributed by atoms with Crippen LogP contribution in [0.25, 0.3) is 0 Å². The summed E-state index contributed by atoms with van der Waals surface area (Å²) in [7, 11) is 3.03. The summed E-state index contributed by atoms with van der Waals surface area (Å²) < 4.78 is 15.6. The number of anilines is 1. The molecule has 2 aromatic carbocycles. The summed E-state index contributed by atoms with van der Waals surface area (Å²) in [6.45, 7) is 4.28. The fourth-order valence-electron chi connectivity index (χ4n) is 2.23. The third-order valence-electron chi connectivity index (χ3n) is 3.55. The van der Waals surface area contributed by atoms with E-state index in [0.717, 1.165) is 0 Å². The van der Waals surface area contributed by atoms with E-state index in [1.54, 1.807) is 42.5 Å². The molecule has 0 aromatic heterocycles. The Kier molecular flexibility index (Phi) is 6.60. The number of rotatable bonds is 7. The van der Waals surface area contributed by atoms with E-state index < -0.39 is 5.97 Å². The first-order valence-corrected chi connectivity index (χ1v) is 8.25. The molecule has 0 radical (unpaired) electrons. The van der Waals surface area contributed by atoms with E-state index in [2.05, 4.69) is 5.32 Å². The van der Waals surface area contributed by atoms with Gasteiger partial charge in [0.05, 0.1) is 26.4 Å². The van der Waals surface area contributed by atoms with Crippen molar-refractivity contribution in [2.75, 3.05) is 26.1 Å². The molecule has 138 valence electrons. The number of benzene rings is 2. The molecule has 0 saturated carbocycles. The molecular formula is C20H23NO5. The number of amides is 1. The molecule has 0 fully saturated rings. The molecule has 0 aliphatic carbocycles. The molecule has 0 aliphatic rings. The van der Waals surface area contributed by atoms with Crippen LogP contribution in [0.4, 0.5) is 5.69 Å². The minimum Gasteiger partial charge on any atom is -0.493 e. The summed E-state index contributed by atoms with van der Waals surface area (Å²) in [6.07, 6.45) is 0. The van der Waals surface area contributed by atoms with Crippen LogP contribution in [0, 0.1) is 5.92 Å². The van der Waals surface area contributed by atoms with E-state index >= 15 is 0 Å². The Morgan fingerprint density at radius 1 is 0.962 bits per heavy atom. The van der Waals surface area contributed by atoms with Crippen LogP contribution in [-0.4, -0.2) is 32.7 Å². The van der Waals surface area contributed by atoms with E-state index in [1.165, 1.54) is 14.2 Å². The highest BCUT2D eigenvalue weighted by atomic mass is 16.5. The summed E-state index contributed by atoms with van der Waals surface area (Å²) in [5.41, 5.74) is 1.30. The Morgan fingerprint density at radius 2 is 1.69 bits per heavy atom. The van der Waals surface area contributed by atoms with Crippen LogP contribution in [0.15, 0.2) is 42.5 Å². The lowest BCUT2D eigenvalue weighted by atomic mass is 10.1. The summed E-state index contributed by atoms with van der Waals surface area (Å²) in [6, 6.07) is 11.5. The SMILES string of the molecule is COc1ccc(C(=O)Nc2cccc(C(=O)OCC(C)C)c2)cc1OC. The molecule has 6 nitrogen and oxygen atoms in total. The second-order valence-electron chi connectivity index (χ2n) is 6.10. The largest absolute Gasteiger partial charge is 0.493 e. The van der Waals surface area contributed by atoms with Gasteiger partial charge in [0.25, 0.3) is 5.91 Å². The van der Waals surface area contributed by atoms with Crippen molar-refractivity contribution in [3.8, 4) is 11.5 Å². The topological polar surface area (TPSA) is 73.9 Å². The van der Waals surface area contributed by atoms with Gasteiger partial charge in [0.2, 0.25) is 0 Å². The van der Waals surface area contributed by atoms with Crippen molar-refractivity contribution in [1.82, 2.24) is 0 Å². The predicted octanol–water partition coefficient (Wildman–Crippen LogP) is 3.77. The standard InChI is InChI=1S/C20H23NO5/c1-13(2)12-26-20(23)15-6-5-7-16(10-15)21-19(22)14-8-9-17(24-3)18(11-14)25-4/h5-11,13H,12H2,1-4H3,(H,21,22). The highest BCUT2D eigenvalue weighted by molar-refractivity contribution is 6.05. The van der Waals surface area contributed by atoms with E-state index in [1.807, 2.05) is 13.8 Å². The lowest BCUT2D eigenvalue weighted by molar-refractivity contribution is 0.0459. The van der Waals surface area contributed by atoms with Crippen LogP contribution in [0.5, 0.6) is 11.5 Å². The van der Waals surface area contributed by atoms with Crippen molar-refractivity contribution in [3.05, 3.63) is 53.6 Å². The number of nitrogens with one attached hydrogen (secondary N) is 1. The molecule has 0 bridgehead atoms. The quantitative estimate of drug-likeness (QED) is 0.764. The Labute approximate surface area is 153 Å². The molecule has 0 saturated heterocycles. The number of esters is 1. The van der Waals surface area contributed by atoms with Crippen molar-refractivity contribution in [2.24, 2.45) is 5.92 Å². The fourth-order valence-corrected chi connectivity index (χ4v) is 2.23. The number of ether oxygens (including phenoxy) is 3. The highest BCUT2D eigenvalue weighted by Gasteiger charge is 2.13. The van der Waals surface area contributed by atoms with Gasteiger partial charge in [0, 0.05) is 11.3 Å². The monoisotopic (exact) mass is 357 g/mol. The van der Waals surface area contributed by atoms with Gasteiger partial charge in [0.15, 0.2) is 11.5 Å². The molecule has 2 rings (SSSR count). The second-order valence-corrected chi connectivity index (χ2v) is 6.10. The number of carbonyl (C=O) groups excluding carboxylic acids is 2. The first-order valence-electron chi connectivity index (χ1n) is 8.25. The third kappa shape index (κ3) is 4.99. The van der Waals surface area contributed by atoms with Gasteiger partial charge >= 0.3 is 5.97 Å². The second kappa shape index (κ2) is 8.89. The number of hydrogen-bond donors (Lipinski definition) is 1. The molecular weight excluding hydrogens is 334 g/mol. The van der Waals surface area contributed by atoms with E-state index in [9.17, 15) is 9.59 Å². The maximum atomic E-state index is 12.5. The number of methoxy groups -OCH3 is 2. The Hall–Kier alpha value is -3.02. The van der Waals surface area contributed by atoms with Crippen LogP contribution in [0.1, 0.15) is 34.6 Å². The Balaban J connectivity index is 2.12. The summed E-state index contributed by atoms with van der Waals surface area (Å²) in [5, 5.41) is 2.76. The van der Waals surface area contributed by atoms with Crippen molar-refractivity contribution >= 4 is 17.6 Å². The fraction of sp³-hybridized carbons (Fsp3) is 0.300. The van der Waals surface area contributed by atoms with Gasteiger partial charge in [-0.05, 0) is 42.3 Å². The zero-order valence-electron chi connectivity index (χ0n) is 15.4. The molecule has 6 heteroatoms. The molecule has 0 aliphatic heterocycles. The van der Waals surface area contributed by atoms with E-state index in [-0.39, 0.29) is 11.8 Å². The zero-order valence-corrected chi connectivity index (χ0v) is 15.4. The minimum absolute atomic E-state index is 0.256. The molecule has 0 spiro atoms. The molecule has 0 unspecified atom stereocenters. The average Bonchev–Trinajstić information content (AvgIpc) is 2.65. The van der Waals surface area contributed by atoms with Gasteiger partial charge in [0.1, 0.15) is 0 Å². The van der Waals surface area contributed by atoms with Crippen molar-refractivity contribution in [3.63, 3.8) is 0 Å². The number of carbonyl (C=O) groups is 2. The van der Waals surface area contributed by atoms with Gasteiger partial charge in [-0.2, -0.15) is 0 Å². The normalized spacial score (nSPS) is 10.3. The van der Waals surface area contributed by atoms with Crippen LogP contribution >= 0.6 is 0 Å². The Bertz CT molecular complexity index is 786. The van der Waals surface area contributed by atoms with Crippen LogP contribution in [-0.2, 0) is 4.74 Å². The van der Waals surface area contributed by atoms with Crippen molar-refractivity contribution < 1.29 is 23.8 Å². The smallest absolute Gasteiger partial charge is 0.338 e. The lowest BCUT2D eigenvalue weighted by Gasteiger charge is -2.11.